The van der Waals surface area contributed by atoms with Crippen molar-refractivity contribution in [3.05, 3.63) is 29.3 Å². The Hall–Kier alpha value is -1.97. The van der Waals surface area contributed by atoms with Gasteiger partial charge in [-0.1, -0.05) is 135 Å². The molecular weight excluding hydrogens is 448 g/mol. The summed E-state index contributed by atoms with van der Waals surface area (Å²) >= 11 is 0. The van der Waals surface area contributed by atoms with Gasteiger partial charge in [-0.3, -0.25) is 0 Å². The summed E-state index contributed by atoms with van der Waals surface area (Å²) in [5.74, 6) is -0.465. The lowest BCUT2D eigenvalue weighted by Gasteiger charge is -2.06. The van der Waals surface area contributed by atoms with E-state index in [2.05, 4.69) is 6.92 Å². The fourth-order valence-corrected chi connectivity index (χ4v) is 4.80. The zero-order chi connectivity index (χ0) is 26.3. The molecule has 0 aliphatic carbocycles. The Morgan fingerprint density at radius 2 is 1.14 bits per heavy atom. The Morgan fingerprint density at radius 1 is 0.722 bits per heavy atom. The zero-order valence-electron chi connectivity index (χ0n) is 23.4. The number of carboxylic acids is 1. The topological polar surface area (TPSA) is 66.8 Å². The number of unbranched alkanes of at least 4 members (excludes halogenated alkanes) is 19. The largest absolute Gasteiger partial charge is 0.504 e. The van der Waals surface area contributed by atoms with Crippen LogP contribution in [0.2, 0.25) is 0 Å². The van der Waals surface area contributed by atoms with Crippen LogP contribution in [0.1, 0.15) is 147 Å². The van der Waals surface area contributed by atoms with E-state index in [0.29, 0.717) is 17.7 Å². The van der Waals surface area contributed by atoms with Gasteiger partial charge < -0.3 is 14.9 Å². The number of carbonyl (C=O) groups is 1. The van der Waals surface area contributed by atoms with Gasteiger partial charge >= 0.3 is 5.97 Å². The summed E-state index contributed by atoms with van der Waals surface area (Å²) in [5, 5.41) is 19.2. The number of phenolic OH excluding ortho intramolecular Hbond substituents is 1. The van der Waals surface area contributed by atoms with Gasteiger partial charge in [0.25, 0.3) is 0 Å². The third-order valence-electron chi connectivity index (χ3n) is 7.12. The second-order valence-electron chi connectivity index (χ2n) is 10.4. The van der Waals surface area contributed by atoms with Crippen molar-refractivity contribution in [3.8, 4) is 11.5 Å². The molecular formula is C32H54O4. The lowest BCUT2D eigenvalue weighted by Crippen LogP contribution is -2.00. The van der Waals surface area contributed by atoms with Gasteiger partial charge in [-0.2, -0.15) is 0 Å². The number of phenols is 1. The first-order valence-electron chi connectivity index (χ1n) is 14.9. The van der Waals surface area contributed by atoms with E-state index in [0.717, 1.165) is 18.4 Å². The number of benzene rings is 1. The second kappa shape index (κ2) is 22.2. The third-order valence-corrected chi connectivity index (χ3v) is 7.12. The summed E-state index contributed by atoms with van der Waals surface area (Å²) in [5.41, 5.74) is 1.14. The highest BCUT2D eigenvalue weighted by Crippen LogP contribution is 2.28. The Bertz CT molecular complexity index is 710. The average molecular weight is 503 g/mol. The predicted molar refractivity (Wildman–Crippen MR) is 153 cm³/mol. The van der Waals surface area contributed by atoms with Crippen molar-refractivity contribution in [3.63, 3.8) is 0 Å². The first-order valence-corrected chi connectivity index (χ1v) is 14.9. The Balaban J connectivity index is 1.96. The maximum absolute atomic E-state index is 11.6. The molecule has 0 aromatic heterocycles. The van der Waals surface area contributed by atoms with Gasteiger partial charge in [0.05, 0.1) is 7.11 Å². The fourth-order valence-electron chi connectivity index (χ4n) is 4.80. The van der Waals surface area contributed by atoms with Crippen LogP contribution >= 0.6 is 0 Å². The van der Waals surface area contributed by atoms with Crippen molar-refractivity contribution in [1.29, 1.82) is 0 Å². The smallest absolute Gasteiger partial charge is 0.331 e. The molecule has 1 rings (SSSR count). The van der Waals surface area contributed by atoms with Gasteiger partial charge in [-0.15, -0.1) is 0 Å². The summed E-state index contributed by atoms with van der Waals surface area (Å²) in [4.78, 5) is 11.6. The van der Waals surface area contributed by atoms with Crippen molar-refractivity contribution in [2.45, 2.75) is 142 Å². The number of rotatable bonds is 24. The molecule has 0 aliphatic rings. The molecule has 206 valence electrons. The van der Waals surface area contributed by atoms with Gasteiger partial charge in [0.1, 0.15) is 0 Å². The SMILES string of the molecule is CCCCCCCCCCCCCCCCCCCCCCC(=Cc1ccc(O)c(OC)c1)C(=O)O. The van der Waals surface area contributed by atoms with Crippen molar-refractivity contribution in [2.24, 2.45) is 0 Å². The summed E-state index contributed by atoms with van der Waals surface area (Å²) < 4.78 is 5.11. The van der Waals surface area contributed by atoms with E-state index >= 15 is 0 Å². The molecule has 0 unspecified atom stereocenters. The van der Waals surface area contributed by atoms with Crippen LogP contribution in [-0.2, 0) is 4.79 Å². The first kappa shape index (κ1) is 32.1. The van der Waals surface area contributed by atoms with Gasteiger partial charge in [0, 0.05) is 5.57 Å². The molecule has 4 heteroatoms. The molecule has 0 spiro atoms. The molecule has 0 aliphatic heterocycles. The Labute approximate surface area is 221 Å². The number of carboxylic acid groups (broad SMARTS) is 1. The van der Waals surface area contributed by atoms with Crippen molar-refractivity contribution in [2.75, 3.05) is 7.11 Å². The van der Waals surface area contributed by atoms with E-state index < -0.39 is 5.97 Å². The van der Waals surface area contributed by atoms with Crippen LogP contribution in [0.3, 0.4) is 0 Å². The molecule has 0 fully saturated rings. The number of hydrogen-bond donors (Lipinski definition) is 2. The third kappa shape index (κ3) is 16.7. The van der Waals surface area contributed by atoms with Gasteiger partial charge in [-0.05, 0) is 36.6 Å². The van der Waals surface area contributed by atoms with Gasteiger partial charge in [0.2, 0.25) is 0 Å². The van der Waals surface area contributed by atoms with Crippen molar-refractivity contribution in [1.82, 2.24) is 0 Å². The number of hydrogen-bond acceptors (Lipinski definition) is 3. The quantitative estimate of drug-likeness (QED) is 0.109. The standard InChI is InChI=1S/C32H54O4/c1-3-4-5-6-7-8-9-10-11-12-13-14-15-16-17-18-19-20-21-22-23-29(32(34)35)26-28-24-25-30(33)31(27-28)36-2/h24-27,33H,3-23H2,1-2H3,(H,34,35). The molecule has 0 saturated carbocycles. The van der Waals surface area contributed by atoms with Crippen molar-refractivity contribution >= 4 is 12.0 Å². The normalized spacial score (nSPS) is 11.7. The zero-order valence-corrected chi connectivity index (χ0v) is 23.4. The Kier molecular flexibility index (Phi) is 19.8. The van der Waals surface area contributed by atoms with E-state index in [9.17, 15) is 15.0 Å². The fraction of sp³-hybridized carbons (Fsp3) is 0.719. The molecule has 1 aromatic carbocycles. The van der Waals surface area contributed by atoms with Crippen LogP contribution in [-0.4, -0.2) is 23.3 Å². The molecule has 36 heavy (non-hydrogen) atoms. The van der Waals surface area contributed by atoms with E-state index in [1.165, 1.54) is 129 Å². The maximum Gasteiger partial charge on any atom is 0.331 e. The molecule has 0 atom stereocenters. The van der Waals surface area contributed by atoms with E-state index in [4.69, 9.17) is 4.74 Å². The molecule has 0 saturated heterocycles. The molecule has 4 nitrogen and oxygen atoms in total. The van der Waals surface area contributed by atoms with Crippen LogP contribution in [0.5, 0.6) is 11.5 Å². The van der Waals surface area contributed by atoms with E-state index in [-0.39, 0.29) is 5.75 Å². The highest BCUT2D eigenvalue weighted by molar-refractivity contribution is 5.92. The maximum atomic E-state index is 11.6. The predicted octanol–water partition coefficient (Wildman–Crippen LogP) is 10.1. The van der Waals surface area contributed by atoms with Gasteiger partial charge in [0.15, 0.2) is 11.5 Å². The highest BCUT2D eigenvalue weighted by Gasteiger charge is 2.09. The average Bonchev–Trinajstić information content (AvgIpc) is 2.87. The molecule has 0 heterocycles. The number of aromatic hydroxyl groups is 1. The molecule has 1 aromatic rings. The number of aliphatic carboxylic acids is 1. The molecule has 0 radical (unpaired) electrons. The van der Waals surface area contributed by atoms with Crippen LogP contribution < -0.4 is 4.74 Å². The summed E-state index contributed by atoms with van der Waals surface area (Å²) in [6, 6.07) is 4.90. The minimum atomic E-state index is -0.875. The van der Waals surface area contributed by atoms with Crippen molar-refractivity contribution < 1.29 is 19.7 Å². The van der Waals surface area contributed by atoms with E-state index in [1.807, 2.05) is 0 Å². The van der Waals surface area contributed by atoms with Gasteiger partial charge in [-0.25, -0.2) is 4.79 Å². The van der Waals surface area contributed by atoms with Crippen LogP contribution in [0, 0.1) is 0 Å². The van der Waals surface area contributed by atoms with Crippen LogP contribution in [0.15, 0.2) is 23.8 Å². The van der Waals surface area contributed by atoms with Crippen LogP contribution in [0.4, 0.5) is 0 Å². The lowest BCUT2D eigenvalue weighted by atomic mass is 10.0. The molecule has 2 N–H and O–H groups in total. The number of ether oxygens (including phenoxy) is 1. The minimum Gasteiger partial charge on any atom is -0.504 e. The molecule has 0 amide bonds. The monoisotopic (exact) mass is 502 g/mol. The van der Waals surface area contributed by atoms with Crippen LogP contribution in [0.25, 0.3) is 6.08 Å². The minimum absolute atomic E-state index is 0.0561. The lowest BCUT2D eigenvalue weighted by molar-refractivity contribution is -0.132. The Morgan fingerprint density at radius 3 is 1.53 bits per heavy atom. The second-order valence-corrected chi connectivity index (χ2v) is 10.4. The summed E-state index contributed by atoms with van der Waals surface area (Å²) in [6.07, 6.45) is 29.1. The number of methoxy groups -OCH3 is 1. The summed E-state index contributed by atoms with van der Waals surface area (Å²) in [6.45, 7) is 2.28. The highest BCUT2D eigenvalue weighted by atomic mass is 16.5. The summed E-state index contributed by atoms with van der Waals surface area (Å²) in [7, 11) is 1.49. The van der Waals surface area contributed by atoms with E-state index in [1.54, 1.807) is 18.2 Å². The first-order chi connectivity index (χ1) is 17.6. The molecule has 0 bridgehead atoms.